The highest BCUT2D eigenvalue weighted by atomic mass is 32.2. The van der Waals surface area contributed by atoms with E-state index < -0.39 is 15.1 Å². The summed E-state index contributed by atoms with van der Waals surface area (Å²) in [4.78, 5) is 20.9. The van der Waals surface area contributed by atoms with Crippen LogP contribution in [-0.4, -0.2) is 42.5 Å². The van der Waals surface area contributed by atoms with E-state index in [-0.39, 0.29) is 10.8 Å². The molecule has 1 aliphatic heterocycles. The van der Waals surface area contributed by atoms with Gasteiger partial charge in [-0.15, -0.1) is 11.3 Å². The Balaban J connectivity index is 1.76. The normalized spacial score (nSPS) is 15.0. The Bertz CT molecular complexity index is 935. The summed E-state index contributed by atoms with van der Waals surface area (Å²) in [7, 11) is -3.42. The van der Waals surface area contributed by atoms with Crippen LogP contribution < -0.4 is 5.32 Å². The number of amides is 1. The predicted octanol–water partition coefficient (Wildman–Crippen LogP) is 3.35. The zero-order valence-electron chi connectivity index (χ0n) is 15.9. The molecule has 146 valence electrons. The Kier molecular flexibility index (Phi) is 5.98. The number of carbonyl (C=O) groups excluding carboxylic acids is 1. The molecule has 0 radical (unpaired) electrons. The molecule has 3 rings (SSSR count). The number of carbonyl (C=O) groups is 1. The van der Waals surface area contributed by atoms with E-state index in [1.165, 1.54) is 28.3 Å². The van der Waals surface area contributed by atoms with Gasteiger partial charge in [0.25, 0.3) is 5.91 Å². The van der Waals surface area contributed by atoms with Crippen molar-refractivity contribution in [3.8, 4) is 0 Å². The van der Waals surface area contributed by atoms with Gasteiger partial charge in [-0.3, -0.25) is 15.0 Å². The number of fused-ring (bicyclic) bond motifs is 1. The van der Waals surface area contributed by atoms with Crippen molar-refractivity contribution in [1.29, 1.82) is 0 Å². The van der Waals surface area contributed by atoms with Crippen LogP contribution in [0.4, 0.5) is 5.13 Å². The highest BCUT2D eigenvalue weighted by molar-refractivity contribution is 7.92. The first-order chi connectivity index (χ1) is 12.8. The number of hydrogen-bond acceptors (Lipinski definition) is 6. The molecule has 8 heteroatoms. The van der Waals surface area contributed by atoms with Crippen molar-refractivity contribution >= 4 is 32.2 Å². The van der Waals surface area contributed by atoms with Gasteiger partial charge in [0.2, 0.25) is 0 Å². The summed E-state index contributed by atoms with van der Waals surface area (Å²) in [6.07, 6.45) is 2.01. The van der Waals surface area contributed by atoms with Crippen LogP contribution in [0.1, 0.15) is 48.1 Å². The van der Waals surface area contributed by atoms with Crippen molar-refractivity contribution in [3.63, 3.8) is 0 Å². The average Bonchev–Trinajstić information content (AvgIpc) is 3.03. The van der Waals surface area contributed by atoms with Crippen molar-refractivity contribution in [3.05, 3.63) is 40.4 Å². The second-order valence-corrected chi connectivity index (χ2v) is 10.6. The maximum Gasteiger partial charge on any atom is 0.257 e. The van der Waals surface area contributed by atoms with Gasteiger partial charge in [-0.05, 0) is 45.0 Å². The molecule has 1 aliphatic rings. The Labute approximate surface area is 164 Å². The summed E-state index contributed by atoms with van der Waals surface area (Å²) in [6, 6.07) is 6.17. The topological polar surface area (TPSA) is 79.4 Å². The fraction of sp³-hybridized carbons (Fsp3) is 0.474. The minimum Gasteiger partial charge on any atom is -0.298 e. The SMILES string of the molecule is CCCN1CCc2nc(NC(=O)c3cccc(S(=O)(=O)C(C)C)c3)sc2C1. The zero-order valence-corrected chi connectivity index (χ0v) is 17.5. The lowest BCUT2D eigenvalue weighted by Crippen LogP contribution is -2.30. The molecule has 1 aromatic heterocycles. The van der Waals surface area contributed by atoms with Crippen LogP contribution in [0.5, 0.6) is 0 Å². The van der Waals surface area contributed by atoms with Crippen molar-refractivity contribution in [2.45, 2.75) is 50.3 Å². The van der Waals surface area contributed by atoms with Gasteiger partial charge in [-0.1, -0.05) is 13.0 Å². The van der Waals surface area contributed by atoms with E-state index >= 15 is 0 Å². The van der Waals surface area contributed by atoms with E-state index in [0.29, 0.717) is 10.7 Å². The van der Waals surface area contributed by atoms with Crippen LogP contribution >= 0.6 is 11.3 Å². The first-order valence-electron chi connectivity index (χ1n) is 9.17. The lowest BCUT2D eigenvalue weighted by molar-refractivity contribution is 0.102. The second kappa shape index (κ2) is 8.08. The van der Waals surface area contributed by atoms with Gasteiger partial charge in [0.1, 0.15) is 0 Å². The molecule has 1 aromatic carbocycles. The number of sulfone groups is 1. The van der Waals surface area contributed by atoms with Crippen LogP contribution in [0.2, 0.25) is 0 Å². The molecular formula is C19H25N3O3S2. The van der Waals surface area contributed by atoms with E-state index in [4.69, 9.17) is 0 Å². The highest BCUT2D eigenvalue weighted by Gasteiger charge is 2.23. The molecule has 0 aliphatic carbocycles. The second-order valence-electron chi connectivity index (χ2n) is 6.99. The third kappa shape index (κ3) is 4.39. The quantitative estimate of drug-likeness (QED) is 0.794. The fourth-order valence-electron chi connectivity index (χ4n) is 3.06. The average molecular weight is 408 g/mol. The molecule has 1 N–H and O–H groups in total. The molecule has 0 fully saturated rings. The highest BCUT2D eigenvalue weighted by Crippen LogP contribution is 2.29. The number of rotatable bonds is 6. The smallest absolute Gasteiger partial charge is 0.257 e. The summed E-state index contributed by atoms with van der Waals surface area (Å²) in [5.74, 6) is -0.340. The number of nitrogens with one attached hydrogen (secondary N) is 1. The fourth-order valence-corrected chi connectivity index (χ4v) is 5.21. The molecule has 1 amide bonds. The number of aromatic nitrogens is 1. The molecule has 0 spiro atoms. The Morgan fingerprint density at radius 1 is 1.37 bits per heavy atom. The molecular weight excluding hydrogens is 382 g/mol. The van der Waals surface area contributed by atoms with Gasteiger partial charge in [-0.25, -0.2) is 13.4 Å². The van der Waals surface area contributed by atoms with Gasteiger partial charge in [0, 0.05) is 30.0 Å². The van der Waals surface area contributed by atoms with Gasteiger partial charge >= 0.3 is 0 Å². The number of benzene rings is 1. The molecule has 2 heterocycles. The summed E-state index contributed by atoms with van der Waals surface area (Å²) < 4.78 is 24.7. The van der Waals surface area contributed by atoms with Crippen molar-refractivity contribution in [2.75, 3.05) is 18.4 Å². The van der Waals surface area contributed by atoms with Gasteiger partial charge in [0.15, 0.2) is 15.0 Å². The molecule has 0 saturated carbocycles. The van der Waals surface area contributed by atoms with E-state index in [0.717, 1.165) is 38.2 Å². The van der Waals surface area contributed by atoms with Crippen molar-refractivity contribution in [1.82, 2.24) is 9.88 Å². The Morgan fingerprint density at radius 3 is 2.85 bits per heavy atom. The third-order valence-electron chi connectivity index (χ3n) is 4.62. The number of anilines is 1. The van der Waals surface area contributed by atoms with E-state index in [9.17, 15) is 13.2 Å². The Morgan fingerprint density at radius 2 is 2.15 bits per heavy atom. The first-order valence-corrected chi connectivity index (χ1v) is 11.5. The van der Waals surface area contributed by atoms with Crippen LogP contribution in [-0.2, 0) is 22.8 Å². The molecule has 2 aromatic rings. The molecule has 6 nitrogen and oxygen atoms in total. The number of thiazole rings is 1. The van der Waals surface area contributed by atoms with Gasteiger partial charge < -0.3 is 0 Å². The molecule has 0 unspecified atom stereocenters. The Hall–Kier alpha value is -1.77. The van der Waals surface area contributed by atoms with Crippen molar-refractivity contribution in [2.24, 2.45) is 0 Å². The lowest BCUT2D eigenvalue weighted by atomic mass is 10.2. The zero-order chi connectivity index (χ0) is 19.6. The lowest BCUT2D eigenvalue weighted by Gasteiger charge is -2.24. The van der Waals surface area contributed by atoms with Crippen LogP contribution in [0.25, 0.3) is 0 Å². The maximum atomic E-state index is 12.6. The minimum absolute atomic E-state index is 0.166. The largest absolute Gasteiger partial charge is 0.298 e. The number of hydrogen-bond donors (Lipinski definition) is 1. The summed E-state index contributed by atoms with van der Waals surface area (Å²) in [6.45, 7) is 8.36. The van der Waals surface area contributed by atoms with Crippen LogP contribution in [0, 0.1) is 0 Å². The summed E-state index contributed by atoms with van der Waals surface area (Å²) in [5.41, 5.74) is 1.37. The van der Waals surface area contributed by atoms with E-state index in [2.05, 4.69) is 22.1 Å². The van der Waals surface area contributed by atoms with E-state index in [1.807, 2.05) is 0 Å². The summed E-state index contributed by atoms with van der Waals surface area (Å²) in [5, 5.41) is 2.86. The van der Waals surface area contributed by atoms with Crippen LogP contribution in [0.15, 0.2) is 29.2 Å². The van der Waals surface area contributed by atoms with Gasteiger partial charge in [0.05, 0.1) is 15.8 Å². The number of nitrogens with zero attached hydrogens (tertiary/aromatic N) is 2. The first kappa shape index (κ1) is 20.0. The minimum atomic E-state index is -3.42. The molecule has 0 atom stereocenters. The maximum absolute atomic E-state index is 12.6. The van der Waals surface area contributed by atoms with E-state index in [1.54, 1.807) is 26.0 Å². The third-order valence-corrected chi connectivity index (χ3v) is 7.77. The van der Waals surface area contributed by atoms with Crippen molar-refractivity contribution < 1.29 is 13.2 Å². The molecule has 0 saturated heterocycles. The van der Waals surface area contributed by atoms with Gasteiger partial charge in [-0.2, -0.15) is 0 Å². The van der Waals surface area contributed by atoms with Crippen LogP contribution in [0.3, 0.4) is 0 Å². The monoisotopic (exact) mass is 407 g/mol. The summed E-state index contributed by atoms with van der Waals surface area (Å²) >= 11 is 1.50. The standard InChI is InChI=1S/C19H25N3O3S2/c1-4-9-22-10-8-16-17(12-22)26-19(20-16)21-18(23)14-6-5-7-15(11-14)27(24,25)13(2)3/h5-7,11,13H,4,8-10,12H2,1-3H3,(H,20,21,23). The molecule has 27 heavy (non-hydrogen) atoms. The predicted molar refractivity (Wildman–Crippen MR) is 108 cm³/mol. The molecule has 0 bridgehead atoms.